The minimum atomic E-state index is -0.221. The van der Waals surface area contributed by atoms with Crippen LogP contribution in [0.5, 0.6) is 0 Å². The van der Waals surface area contributed by atoms with Crippen molar-refractivity contribution in [2.75, 3.05) is 13.2 Å². The van der Waals surface area contributed by atoms with Crippen LogP contribution in [-0.2, 0) is 16.0 Å². The molecule has 1 aliphatic heterocycles. The Hall–Kier alpha value is -0.940. The second kappa shape index (κ2) is 6.85. The molecule has 0 radical (unpaired) electrons. The third kappa shape index (κ3) is 4.07. The van der Waals surface area contributed by atoms with Gasteiger partial charge in [-0.3, -0.25) is 4.79 Å². The second-order valence-corrected chi connectivity index (χ2v) is 5.58. The highest BCUT2D eigenvalue weighted by molar-refractivity contribution is 7.09. The summed E-state index contributed by atoms with van der Waals surface area (Å²) < 4.78 is 5.44. The summed E-state index contributed by atoms with van der Waals surface area (Å²) in [5, 5.41) is 6.15. The highest BCUT2D eigenvalue weighted by Gasteiger charge is 2.21. The molecule has 0 bridgehead atoms. The molecule has 18 heavy (non-hydrogen) atoms. The van der Waals surface area contributed by atoms with Crippen LogP contribution >= 0.6 is 11.3 Å². The van der Waals surface area contributed by atoms with E-state index < -0.39 is 0 Å². The molecular formula is C13H20N2O2S. The number of hydrogen-bond acceptors (Lipinski definition) is 4. The van der Waals surface area contributed by atoms with E-state index in [-0.39, 0.29) is 12.0 Å². The fraction of sp³-hybridized carbons (Fsp3) is 0.692. The Bertz CT molecular complexity index is 386. The molecule has 1 fully saturated rings. The molecule has 0 aromatic carbocycles. The van der Waals surface area contributed by atoms with Gasteiger partial charge in [-0.15, -0.1) is 11.3 Å². The lowest BCUT2D eigenvalue weighted by atomic mass is 10.1. The minimum absolute atomic E-state index is 0.0463. The van der Waals surface area contributed by atoms with Crippen molar-refractivity contribution in [2.24, 2.45) is 0 Å². The lowest BCUT2D eigenvalue weighted by molar-refractivity contribution is -0.135. The summed E-state index contributed by atoms with van der Waals surface area (Å²) in [6, 6.07) is 0. The summed E-state index contributed by atoms with van der Waals surface area (Å²) in [6.45, 7) is 3.43. The molecular weight excluding hydrogens is 248 g/mol. The molecule has 1 atom stereocenters. The fourth-order valence-electron chi connectivity index (χ4n) is 2.03. The van der Waals surface area contributed by atoms with Crippen LogP contribution in [0.1, 0.15) is 36.4 Å². The van der Waals surface area contributed by atoms with Gasteiger partial charge in [-0.2, -0.15) is 0 Å². The zero-order valence-electron chi connectivity index (χ0n) is 10.8. The van der Waals surface area contributed by atoms with Crippen molar-refractivity contribution in [2.45, 2.75) is 45.1 Å². The largest absolute Gasteiger partial charge is 0.368 e. The van der Waals surface area contributed by atoms with Crippen LogP contribution in [0.15, 0.2) is 5.38 Å². The molecule has 100 valence electrons. The monoisotopic (exact) mass is 268 g/mol. The first kappa shape index (κ1) is 13.5. The van der Waals surface area contributed by atoms with Gasteiger partial charge in [0.05, 0.1) is 5.01 Å². The van der Waals surface area contributed by atoms with Crippen LogP contribution in [0.2, 0.25) is 0 Å². The number of aryl methyl sites for hydroxylation is 2. The molecule has 1 N–H and O–H groups in total. The predicted molar refractivity (Wildman–Crippen MR) is 71.8 cm³/mol. The van der Waals surface area contributed by atoms with Crippen LogP contribution < -0.4 is 5.32 Å². The number of ether oxygens (including phenoxy) is 1. The Morgan fingerprint density at radius 2 is 2.50 bits per heavy atom. The van der Waals surface area contributed by atoms with E-state index in [1.165, 1.54) is 0 Å². The first-order valence-electron chi connectivity index (χ1n) is 6.56. The molecule has 1 aliphatic rings. The van der Waals surface area contributed by atoms with Crippen molar-refractivity contribution in [1.82, 2.24) is 10.3 Å². The van der Waals surface area contributed by atoms with Gasteiger partial charge in [0.15, 0.2) is 0 Å². The summed E-state index contributed by atoms with van der Waals surface area (Å²) in [5.74, 6) is 0.0463. The maximum absolute atomic E-state index is 11.8. The Morgan fingerprint density at radius 3 is 3.17 bits per heavy atom. The van der Waals surface area contributed by atoms with Gasteiger partial charge < -0.3 is 10.1 Å². The molecule has 2 rings (SSSR count). The van der Waals surface area contributed by atoms with Gasteiger partial charge in [-0.05, 0) is 32.6 Å². The van der Waals surface area contributed by atoms with Crippen molar-refractivity contribution < 1.29 is 9.53 Å². The number of aromatic nitrogens is 1. The number of nitrogens with one attached hydrogen (secondary N) is 1. The summed E-state index contributed by atoms with van der Waals surface area (Å²) in [6.07, 6.45) is 4.68. The third-order valence-corrected chi connectivity index (χ3v) is 4.03. The zero-order valence-corrected chi connectivity index (χ0v) is 11.6. The number of thiazole rings is 1. The van der Waals surface area contributed by atoms with E-state index in [2.05, 4.69) is 15.7 Å². The number of rotatable bonds is 5. The van der Waals surface area contributed by atoms with E-state index in [1.807, 2.05) is 6.92 Å². The fourth-order valence-corrected chi connectivity index (χ4v) is 2.85. The topological polar surface area (TPSA) is 51.2 Å². The zero-order chi connectivity index (χ0) is 12.8. The van der Waals surface area contributed by atoms with Crippen LogP contribution in [-0.4, -0.2) is 30.1 Å². The molecule has 0 unspecified atom stereocenters. The average Bonchev–Trinajstić information content (AvgIpc) is 2.81. The van der Waals surface area contributed by atoms with Gasteiger partial charge in [0.2, 0.25) is 5.91 Å². The molecule has 1 aromatic rings. The lowest BCUT2D eigenvalue weighted by Crippen LogP contribution is -2.38. The molecule has 2 heterocycles. The standard InChI is InChI=1S/C13H20N2O2S/c1-10-9-18-12(15-10)6-4-7-14-13(16)11-5-2-3-8-17-11/h9,11H,2-8H2,1H3,(H,14,16)/t11-/m0/s1. The lowest BCUT2D eigenvalue weighted by Gasteiger charge is -2.21. The van der Waals surface area contributed by atoms with Crippen LogP contribution in [0, 0.1) is 6.92 Å². The van der Waals surface area contributed by atoms with Crippen LogP contribution in [0.25, 0.3) is 0 Å². The minimum Gasteiger partial charge on any atom is -0.368 e. The van der Waals surface area contributed by atoms with E-state index in [4.69, 9.17) is 4.74 Å². The summed E-state index contributed by atoms with van der Waals surface area (Å²) in [4.78, 5) is 16.2. The van der Waals surface area contributed by atoms with Gasteiger partial charge >= 0.3 is 0 Å². The first-order valence-corrected chi connectivity index (χ1v) is 7.44. The molecule has 5 heteroatoms. The number of amides is 1. The first-order chi connectivity index (χ1) is 8.75. The molecule has 1 amide bonds. The van der Waals surface area contributed by atoms with Crippen molar-refractivity contribution >= 4 is 17.2 Å². The molecule has 1 saturated heterocycles. The predicted octanol–water partition coefficient (Wildman–Crippen LogP) is 2.07. The van der Waals surface area contributed by atoms with E-state index in [0.29, 0.717) is 6.54 Å². The van der Waals surface area contributed by atoms with Gasteiger partial charge in [0, 0.05) is 30.6 Å². The van der Waals surface area contributed by atoms with Crippen molar-refractivity contribution in [3.05, 3.63) is 16.1 Å². The smallest absolute Gasteiger partial charge is 0.249 e. The summed E-state index contributed by atoms with van der Waals surface area (Å²) >= 11 is 1.69. The number of carbonyl (C=O) groups excluding carboxylic acids is 1. The van der Waals surface area contributed by atoms with E-state index >= 15 is 0 Å². The molecule has 0 saturated carbocycles. The third-order valence-electron chi connectivity index (χ3n) is 3.01. The number of nitrogens with zero attached hydrogens (tertiary/aromatic N) is 1. The SMILES string of the molecule is Cc1csc(CCCNC(=O)[C@@H]2CCCCO2)n1. The van der Waals surface area contributed by atoms with E-state index in [1.54, 1.807) is 11.3 Å². The van der Waals surface area contributed by atoms with Crippen molar-refractivity contribution in [3.63, 3.8) is 0 Å². The van der Waals surface area contributed by atoms with Gasteiger partial charge in [0.25, 0.3) is 0 Å². The maximum Gasteiger partial charge on any atom is 0.249 e. The maximum atomic E-state index is 11.8. The summed E-state index contributed by atoms with van der Waals surface area (Å²) in [5.41, 5.74) is 1.08. The van der Waals surface area contributed by atoms with E-state index in [9.17, 15) is 4.79 Å². The normalized spacial score (nSPS) is 19.7. The Morgan fingerprint density at radius 1 is 1.61 bits per heavy atom. The van der Waals surface area contributed by atoms with E-state index in [0.717, 1.165) is 49.4 Å². The van der Waals surface area contributed by atoms with Crippen molar-refractivity contribution in [3.8, 4) is 0 Å². The van der Waals surface area contributed by atoms with Gasteiger partial charge in [0.1, 0.15) is 6.10 Å². The van der Waals surface area contributed by atoms with Crippen LogP contribution in [0.4, 0.5) is 0 Å². The quantitative estimate of drug-likeness (QED) is 0.832. The van der Waals surface area contributed by atoms with Crippen LogP contribution in [0.3, 0.4) is 0 Å². The summed E-state index contributed by atoms with van der Waals surface area (Å²) in [7, 11) is 0. The Labute approximate surface area is 112 Å². The molecule has 4 nitrogen and oxygen atoms in total. The Kier molecular flexibility index (Phi) is 5.13. The van der Waals surface area contributed by atoms with Crippen molar-refractivity contribution in [1.29, 1.82) is 0 Å². The molecule has 1 aromatic heterocycles. The average molecular weight is 268 g/mol. The van der Waals surface area contributed by atoms with Gasteiger partial charge in [-0.1, -0.05) is 0 Å². The number of hydrogen-bond donors (Lipinski definition) is 1. The second-order valence-electron chi connectivity index (χ2n) is 4.63. The highest BCUT2D eigenvalue weighted by atomic mass is 32.1. The highest BCUT2D eigenvalue weighted by Crippen LogP contribution is 2.13. The molecule has 0 spiro atoms. The molecule has 0 aliphatic carbocycles. The Balaban J connectivity index is 1.61. The van der Waals surface area contributed by atoms with Gasteiger partial charge in [-0.25, -0.2) is 4.98 Å². The number of carbonyl (C=O) groups is 1.